The van der Waals surface area contributed by atoms with Gasteiger partial charge in [-0.05, 0) is 45.4 Å². The molecule has 2 heterocycles. The van der Waals surface area contributed by atoms with Crippen LogP contribution in [0.3, 0.4) is 0 Å². The Bertz CT molecular complexity index is 414. The Hall–Kier alpha value is -1.13. The summed E-state index contributed by atoms with van der Waals surface area (Å²) in [5.41, 5.74) is 7.35. The second kappa shape index (κ2) is 5.47. The number of piperazine rings is 1. The van der Waals surface area contributed by atoms with E-state index >= 15 is 0 Å². The molecule has 0 bridgehead atoms. The zero-order valence-electron chi connectivity index (χ0n) is 12.6. The van der Waals surface area contributed by atoms with Gasteiger partial charge in [0.05, 0.1) is 0 Å². The van der Waals surface area contributed by atoms with Crippen LogP contribution in [0.2, 0.25) is 0 Å². The Morgan fingerprint density at radius 3 is 2.37 bits per heavy atom. The number of pyridine rings is 1. The van der Waals surface area contributed by atoms with Crippen LogP contribution in [0.4, 0.5) is 5.82 Å². The lowest BCUT2D eigenvalue weighted by Gasteiger charge is -2.42. The van der Waals surface area contributed by atoms with Crippen molar-refractivity contribution in [1.29, 1.82) is 0 Å². The van der Waals surface area contributed by atoms with Crippen LogP contribution in [0.15, 0.2) is 18.3 Å². The fourth-order valence-electron chi connectivity index (χ4n) is 2.50. The molecule has 0 radical (unpaired) electrons. The molecular weight excluding hydrogens is 236 g/mol. The minimum atomic E-state index is 0.0672. The molecule has 0 spiro atoms. The summed E-state index contributed by atoms with van der Waals surface area (Å²) in [7, 11) is 0. The molecule has 1 aromatic rings. The van der Waals surface area contributed by atoms with Crippen LogP contribution >= 0.6 is 0 Å². The number of hydrogen-bond donors (Lipinski definition) is 1. The highest BCUT2D eigenvalue weighted by atomic mass is 15.3. The molecular formula is C15H26N4. The molecule has 1 atom stereocenters. The minimum Gasteiger partial charge on any atom is -0.354 e. The number of hydrogen-bond acceptors (Lipinski definition) is 4. The van der Waals surface area contributed by atoms with Gasteiger partial charge in [-0.25, -0.2) is 4.98 Å². The highest BCUT2D eigenvalue weighted by molar-refractivity contribution is 5.42. The predicted octanol–water partition coefficient (Wildman–Crippen LogP) is 2.02. The molecule has 1 aliphatic rings. The monoisotopic (exact) mass is 262 g/mol. The van der Waals surface area contributed by atoms with Crippen molar-refractivity contribution in [3.8, 4) is 0 Å². The highest BCUT2D eigenvalue weighted by Gasteiger charge is 2.26. The molecule has 1 aromatic heterocycles. The maximum atomic E-state index is 5.94. The number of nitrogens with zero attached hydrogens (tertiary/aromatic N) is 3. The van der Waals surface area contributed by atoms with E-state index in [1.807, 2.05) is 19.2 Å². The summed E-state index contributed by atoms with van der Waals surface area (Å²) in [4.78, 5) is 9.37. The maximum Gasteiger partial charge on any atom is 0.128 e. The van der Waals surface area contributed by atoms with Crippen molar-refractivity contribution < 1.29 is 0 Å². The molecule has 1 saturated heterocycles. The molecule has 0 amide bonds. The molecule has 0 saturated carbocycles. The molecule has 0 aliphatic carbocycles. The maximum absolute atomic E-state index is 5.94. The smallest absolute Gasteiger partial charge is 0.128 e. The van der Waals surface area contributed by atoms with Crippen LogP contribution in [-0.2, 0) is 0 Å². The first-order valence-corrected chi connectivity index (χ1v) is 7.09. The number of nitrogens with two attached hydrogens (primary N) is 1. The van der Waals surface area contributed by atoms with Gasteiger partial charge in [0.25, 0.3) is 0 Å². The first-order chi connectivity index (χ1) is 8.88. The van der Waals surface area contributed by atoms with E-state index in [-0.39, 0.29) is 11.6 Å². The van der Waals surface area contributed by atoms with Gasteiger partial charge in [0, 0.05) is 44.0 Å². The standard InChI is InChI=1S/C15H26N4/c1-12(16)13-5-6-17-14(11-13)18-7-9-19(10-8-18)15(2,3)4/h5-6,11-12H,7-10,16H2,1-4H3. The van der Waals surface area contributed by atoms with Crippen LogP contribution in [0.25, 0.3) is 0 Å². The Kier molecular flexibility index (Phi) is 4.11. The Morgan fingerprint density at radius 1 is 1.21 bits per heavy atom. The largest absolute Gasteiger partial charge is 0.354 e. The second-order valence-corrected chi connectivity index (χ2v) is 6.38. The Labute approximate surface area is 116 Å². The summed E-state index contributed by atoms with van der Waals surface area (Å²) in [5.74, 6) is 1.06. The molecule has 1 aliphatic heterocycles. The third-order valence-electron chi connectivity index (χ3n) is 3.85. The van der Waals surface area contributed by atoms with E-state index < -0.39 is 0 Å². The van der Waals surface area contributed by atoms with Gasteiger partial charge in [-0.15, -0.1) is 0 Å². The molecule has 2 N–H and O–H groups in total. The summed E-state index contributed by atoms with van der Waals surface area (Å²) in [5, 5.41) is 0. The lowest BCUT2D eigenvalue weighted by atomic mass is 10.0. The van der Waals surface area contributed by atoms with Crippen molar-refractivity contribution in [1.82, 2.24) is 9.88 Å². The van der Waals surface area contributed by atoms with Crippen molar-refractivity contribution in [2.45, 2.75) is 39.3 Å². The van der Waals surface area contributed by atoms with Crippen molar-refractivity contribution in [2.75, 3.05) is 31.1 Å². The number of aromatic nitrogens is 1. The summed E-state index contributed by atoms with van der Waals surface area (Å²) in [6.45, 7) is 13.1. The minimum absolute atomic E-state index is 0.0672. The van der Waals surface area contributed by atoms with Gasteiger partial charge in [-0.3, -0.25) is 4.90 Å². The van der Waals surface area contributed by atoms with Gasteiger partial charge < -0.3 is 10.6 Å². The van der Waals surface area contributed by atoms with Gasteiger partial charge in [0.15, 0.2) is 0 Å². The first kappa shape index (κ1) is 14.3. The molecule has 4 heteroatoms. The van der Waals surface area contributed by atoms with E-state index in [2.05, 4.69) is 41.6 Å². The van der Waals surface area contributed by atoms with Gasteiger partial charge >= 0.3 is 0 Å². The lowest BCUT2D eigenvalue weighted by Crippen LogP contribution is -2.53. The zero-order chi connectivity index (χ0) is 14.0. The van der Waals surface area contributed by atoms with E-state index in [4.69, 9.17) is 5.73 Å². The first-order valence-electron chi connectivity index (χ1n) is 7.09. The van der Waals surface area contributed by atoms with Gasteiger partial charge in [-0.1, -0.05) is 0 Å². The predicted molar refractivity (Wildman–Crippen MR) is 80.4 cm³/mol. The zero-order valence-corrected chi connectivity index (χ0v) is 12.6. The topological polar surface area (TPSA) is 45.4 Å². The van der Waals surface area contributed by atoms with Crippen LogP contribution in [0.5, 0.6) is 0 Å². The van der Waals surface area contributed by atoms with Crippen molar-refractivity contribution in [2.24, 2.45) is 5.73 Å². The van der Waals surface area contributed by atoms with Gasteiger partial charge in [-0.2, -0.15) is 0 Å². The van der Waals surface area contributed by atoms with Crippen molar-refractivity contribution >= 4 is 5.82 Å². The Morgan fingerprint density at radius 2 is 1.84 bits per heavy atom. The van der Waals surface area contributed by atoms with E-state index in [0.29, 0.717) is 0 Å². The number of anilines is 1. The molecule has 1 unspecified atom stereocenters. The third kappa shape index (κ3) is 3.45. The van der Waals surface area contributed by atoms with E-state index in [9.17, 15) is 0 Å². The van der Waals surface area contributed by atoms with Gasteiger partial charge in [0.2, 0.25) is 0 Å². The molecule has 19 heavy (non-hydrogen) atoms. The van der Waals surface area contributed by atoms with E-state index in [1.54, 1.807) is 0 Å². The summed E-state index contributed by atoms with van der Waals surface area (Å²) < 4.78 is 0. The third-order valence-corrected chi connectivity index (χ3v) is 3.85. The Balaban J connectivity index is 2.03. The van der Waals surface area contributed by atoms with Crippen LogP contribution in [-0.4, -0.2) is 41.6 Å². The van der Waals surface area contributed by atoms with Crippen LogP contribution in [0, 0.1) is 0 Å². The summed E-state index contributed by atoms with van der Waals surface area (Å²) in [6.07, 6.45) is 1.87. The quantitative estimate of drug-likeness (QED) is 0.885. The SMILES string of the molecule is CC(N)c1ccnc(N2CCN(C(C)(C)C)CC2)c1. The van der Waals surface area contributed by atoms with Crippen molar-refractivity contribution in [3.63, 3.8) is 0 Å². The number of rotatable bonds is 2. The second-order valence-electron chi connectivity index (χ2n) is 6.38. The van der Waals surface area contributed by atoms with Crippen molar-refractivity contribution in [3.05, 3.63) is 23.9 Å². The van der Waals surface area contributed by atoms with Crippen LogP contribution < -0.4 is 10.6 Å². The average Bonchev–Trinajstić information content (AvgIpc) is 2.38. The average molecular weight is 262 g/mol. The highest BCUT2D eigenvalue weighted by Crippen LogP contribution is 2.21. The molecule has 4 nitrogen and oxygen atoms in total. The lowest BCUT2D eigenvalue weighted by molar-refractivity contribution is 0.128. The van der Waals surface area contributed by atoms with E-state index in [0.717, 1.165) is 37.6 Å². The molecule has 1 fully saturated rings. The summed E-state index contributed by atoms with van der Waals surface area (Å²) >= 11 is 0. The van der Waals surface area contributed by atoms with Crippen LogP contribution in [0.1, 0.15) is 39.3 Å². The van der Waals surface area contributed by atoms with E-state index in [1.165, 1.54) is 0 Å². The molecule has 2 rings (SSSR count). The molecule has 106 valence electrons. The fraction of sp³-hybridized carbons (Fsp3) is 0.667. The summed E-state index contributed by atoms with van der Waals surface area (Å²) in [6, 6.07) is 4.19. The normalized spacial score (nSPS) is 19.5. The molecule has 0 aromatic carbocycles. The fourth-order valence-corrected chi connectivity index (χ4v) is 2.50. The van der Waals surface area contributed by atoms with Gasteiger partial charge in [0.1, 0.15) is 5.82 Å².